The summed E-state index contributed by atoms with van der Waals surface area (Å²) in [7, 11) is 0. The molecule has 3 rings (SSSR count). The Morgan fingerprint density at radius 2 is 1.71 bits per heavy atom. The van der Waals surface area contributed by atoms with E-state index in [0.717, 1.165) is 17.6 Å². The smallest absolute Gasteiger partial charge is 0.100 e. The van der Waals surface area contributed by atoms with Crippen molar-refractivity contribution >= 4 is 11.0 Å². The maximum absolute atomic E-state index is 4.49. The van der Waals surface area contributed by atoms with Gasteiger partial charge in [-0.25, -0.2) is 4.98 Å². The van der Waals surface area contributed by atoms with Crippen molar-refractivity contribution in [2.75, 3.05) is 0 Å². The molecule has 3 heteroatoms. The molecular formula is C18H21N3. The maximum Gasteiger partial charge on any atom is 0.100 e. The predicted molar refractivity (Wildman–Crippen MR) is 87.7 cm³/mol. The van der Waals surface area contributed by atoms with Gasteiger partial charge in [0, 0.05) is 12.1 Å². The van der Waals surface area contributed by atoms with E-state index in [9.17, 15) is 0 Å². The molecule has 0 aliphatic heterocycles. The van der Waals surface area contributed by atoms with Gasteiger partial charge in [-0.15, -0.1) is 0 Å². The molecule has 1 heterocycles. The maximum atomic E-state index is 4.49. The van der Waals surface area contributed by atoms with Crippen molar-refractivity contribution in [2.24, 2.45) is 0 Å². The summed E-state index contributed by atoms with van der Waals surface area (Å²) in [6, 6.07) is 16.7. The minimum Gasteiger partial charge on any atom is -0.308 e. The van der Waals surface area contributed by atoms with Crippen LogP contribution in [-0.4, -0.2) is 15.1 Å². The number of benzene rings is 2. The molecule has 21 heavy (non-hydrogen) atoms. The molecule has 3 nitrogen and oxygen atoms in total. The van der Waals surface area contributed by atoms with Gasteiger partial charge in [0.2, 0.25) is 0 Å². The fraction of sp³-hybridized carbons (Fsp3) is 0.278. The van der Waals surface area contributed by atoms with E-state index >= 15 is 0 Å². The number of nitrogens with one attached hydrogen (secondary N) is 1. The van der Waals surface area contributed by atoms with Crippen LogP contribution in [0.4, 0.5) is 0 Å². The quantitative estimate of drug-likeness (QED) is 0.787. The second-order valence-electron chi connectivity index (χ2n) is 6.34. The zero-order chi connectivity index (χ0) is 14.9. The van der Waals surface area contributed by atoms with E-state index in [2.05, 4.69) is 72.0 Å². The van der Waals surface area contributed by atoms with Crippen molar-refractivity contribution in [3.8, 4) is 5.69 Å². The molecule has 0 radical (unpaired) electrons. The number of para-hydroxylation sites is 3. The minimum absolute atomic E-state index is 0.101. The highest BCUT2D eigenvalue weighted by atomic mass is 15.1. The van der Waals surface area contributed by atoms with Crippen LogP contribution in [0.3, 0.4) is 0 Å². The van der Waals surface area contributed by atoms with Crippen LogP contribution in [0.5, 0.6) is 0 Å². The fourth-order valence-corrected chi connectivity index (χ4v) is 2.41. The van der Waals surface area contributed by atoms with E-state index in [1.54, 1.807) is 0 Å². The largest absolute Gasteiger partial charge is 0.308 e. The predicted octanol–water partition coefficient (Wildman–Crippen LogP) is 3.91. The Bertz CT molecular complexity index is 750. The van der Waals surface area contributed by atoms with Crippen LogP contribution in [-0.2, 0) is 6.54 Å². The lowest BCUT2D eigenvalue weighted by Gasteiger charge is -2.22. The summed E-state index contributed by atoms with van der Waals surface area (Å²) in [5.74, 6) is 0. The first-order valence-electron chi connectivity index (χ1n) is 7.30. The van der Waals surface area contributed by atoms with Crippen molar-refractivity contribution in [1.29, 1.82) is 0 Å². The summed E-state index contributed by atoms with van der Waals surface area (Å²) in [4.78, 5) is 4.49. The van der Waals surface area contributed by atoms with E-state index in [1.165, 1.54) is 11.3 Å². The normalized spacial score (nSPS) is 12.0. The number of hydrogen-bond donors (Lipinski definition) is 1. The highest BCUT2D eigenvalue weighted by molar-refractivity contribution is 5.77. The Kier molecular flexibility index (Phi) is 3.52. The van der Waals surface area contributed by atoms with Crippen LogP contribution in [0.2, 0.25) is 0 Å². The third-order valence-electron chi connectivity index (χ3n) is 3.51. The number of nitrogens with zero attached hydrogens (tertiary/aromatic N) is 2. The molecule has 3 aromatic rings. The van der Waals surface area contributed by atoms with Crippen LogP contribution in [0.1, 0.15) is 26.3 Å². The first-order chi connectivity index (χ1) is 10.0. The lowest BCUT2D eigenvalue weighted by atomic mass is 10.1. The molecule has 0 fully saturated rings. The second kappa shape index (κ2) is 5.34. The van der Waals surface area contributed by atoms with E-state index in [4.69, 9.17) is 0 Å². The van der Waals surface area contributed by atoms with Crippen molar-refractivity contribution < 1.29 is 0 Å². The summed E-state index contributed by atoms with van der Waals surface area (Å²) in [6.45, 7) is 7.39. The molecule has 0 saturated heterocycles. The van der Waals surface area contributed by atoms with Crippen LogP contribution in [0.15, 0.2) is 54.9 Å². The molecule has 0 spiro atoms. The zero-order valence-electron chi connectivity index (χ0n) is 12.8. The van der Waals surface area contributed by atoms with E-state index in [1.807, 2.05) is 18.5 Å². The Hall–Kier alpha value is -2.13. The Morgan fingerprint density at radius 1 is 1.00 bits per heavy atom. The average molecular weight is 279 g/mol. The van der Waals surface area contributed by atoms with Gasteiger partial charge in [0.25, 0.3) is 0 Å². The Morgan fingerprint density at radius 3 is 2.52 bits per heavy atom. The van der Waals surface area contributed by atoms with Gasteiger partial charge in [0.1, 0.15) is 6.33 Å². The van der Waals surface area contributed by atoms with Gasteiger partial charge in [-0.05, 0) is 44.5 Å². The standard InChI is InChI=1S/C18H21N3/c1-18(2,3)20-12-14-8-4-6-10-16(14)21-13-19-15-9-5-7-11-17(15)21/h4-11,13,20H,12H2,1-3H3. The molecule has 1 aromatic heterocycles. The number of fused-ring (bicyclic) bond motifs is 1. The highest BCUT2D eigenvalue weighted by Gasteiger charge is 2.12. The topological polar surface area (TPSA) is 29.9 Å². The van der Waals surface area contributed by atoms with E-state index < -0.39 is 0 Å². The number of imidazole rings is 1. The first-order valence-corrected chi connectivity index (χ1v) is 7.30. The summed E-state index contributed by atoms with van der Waals surface area (Å²) in [5, 5.41) is 3.55. The van der Waals surface area contributed by atoms with Crippen molar-refractivity contribution in [3.63, 3.8) is 0 Å². The third-order valence-corrected chi connectivity index (χ3v) is 3.51. The number of aromatic nitrogens is 2. The van der Waals surface area contributed by atoms with Crippen molar-refractivity contribution in [3.05, 3.63) is 60.4 Å². The monoisotopic (exact) mass is 279 g/mol. The summed E-state index contributed by atoms with van der Waals surface area (Å²) in [5.41, 5.74) is 4.72. The van der Waals surface area contributed by atoms with Gasteiger partial charge < -0.3 is 5.32 Å². The molecular weight excluding hydrogens is 258 g/mol. The Balaban J connectivity index is 2.02. The van der Waals surface area contributed by atoms with Gasteiger partial charge in [0.15, 0.2) is 0 Å². The van der Waals surface area contributed by atoms with Gasteiger partial charge in [-0.2, -0.15) is 0 Å². The van der Waals surface area contributed by atoms with Gasteiger partial charge in [-0.1, -0.05) is 30.3 Å². The average Bonchev–Trinajstić information content (AvgIpc) is 2.88. The second-order valence-corrected chi connectivity index (χ2v) is 6.34. The summed E-state index contributed by atoms with van der Waals surface area (Å²) < 4.78 is 2.16. The lowest BCUT2D eigenvalue weighted by Crippen LogP contribution is -2.35. The van der Waals surface area contributed by atoms with Crippen LogP contribution < -0.4 is 5.32 Å². The van der Waals surface area contributed by atoms with Crippen molar-refractivity contribution in [1.82, 2.24) is 14.9 Å². The highest BCUT2D eigenvalue weighted by Crippen LogP contribution is 2.21. The van der Waals surface area contributed by atoms with Crippen LogP contribution >= 0.6 is 0 Å². The molecule has 0 aliphatic carbocycles. The molecule has 0 aliphatic rings. The molecule has 0 bridgehead atoms. The minimum atomic E-state index is 0.101. The number of rotatable bonds is 3. The summed E-state index contributed by atoms with van der Waals surface area (Å²) in [6.07, 6.45) is 1.90. The van der Waals surface area contributed by atoms with E-state index in [-0.39, 0.29) is 5.54 Å². The SMILES string of the molecule is CC(C)(C)NCc1ccccc1-n1cnc2ccccc21. The molecule has 0 unspecified atom stereocenters. The zero-order valence-corrected chi connectivity index (χ0v) is 12.8. The van der Waals surface area contributed by atoms with Gasteiger partial charge in [-0.3, -0.25) is 4.57 Å². The molecule has 108 valence electrons. The molecule has 1 N–H and O–H groups in total. The molecule has 2 aromatic carbocycles. The van der Waals surface area contributed by atoms with E-state index in [0.29, 0.717) is 0 Å². The Labute approximate surface area is 125 Å². The summed E-state index contributed by atoms with van der Waals surface area (Å²) >= 11 is 0. The molecule has 0 atom stereocenters. The fourth-order valence-electron chi connectivity index (χ4n) is 2.41. The third kappa shape index (κ3) is 2.98. The lowest BCUT2D eigenvalue weighted by molar-refractivity contribution is 0.424. The van der Waals surface area contributed by atoms with Gasteiger partial charge in [0.05, 0.1) is 16.7 Å². The van der Waals surface area contributed by atoms with Crippen LogP contribution in [0, 0.1) is 0 Å². The van der Waals surface area contributed by atoms with Crippen LogP contribution in [0.25, 0.3) is 16.7 Å². The van der Waals surface area contributed by atoms with Gasteiger partial charge >= 0.3 is 0 Å². The molecule has 0 saturated carbocycles. The number of hydrogen-bond acceptors (Lipinski definition) is 2. The van der Waals surface area contributed by atoms with Crippen molar-refractivity contribution in [2.45, 2.75) is 32.9 Å². The molecule has 0 amide bonds. The first kappa shape index (κ1) is 13.8.